The van der Waals surface area contributed by atoms with Crippen molar-refractivity contribution < 1.29 is 4.79 Å². The third-order valence-corrected chi connectivity index (χ3v) is 3.32. The summed E-state index contributed by atoms with van der Waals surface area (Å²) in [6.07, 6.45) is 3.37. The minimum Gasteiger partial charge on any atom is -0.299 e. The summed E-state index contributed by atoms with van der Waals surface area (Å²) < 4.78 is 0. The minimum absolute atomic E-state index is 0.0732. The zero-order chi connectivity index (χ0) is 10.3. The average molecular weight is 182 g/mol. The van der Waals surface area contributed by atoms with Crippen molar-refractivity contribution in [2.24, 2.45) is 16.7 Å². The first kappa shape index (κ1) is 10.7. The molecule has 0 aromatic heterocycles. The van der Waals surface area contributed by atoms with Gasteiger partial charge in [-0.1, -0.05) is 41.0 Å². The number of rotatable bonds is 0. The van der Waals surface area contributed by atoms with Crippen molar-refractivity contribution in [1.82, 2.24) is 0 Å². The summed E-state index contributed by atoms with van der Waals surface area (Å²) in [7, 11) is 0. The highest BCUT2D eigenvalue weighted by Crippen LogP contribution is 2.42. The topological polar surface area (TPSA) is 17.1 Å². The van der Waals surface area contributed by atoms with Gasteiger partial charge in [-0.3, -0.25) is 4.79 Å². The standard InChI is InChI=1S/C12H22O/c1-11(2,3)9-7-6-8-12(4,5)10(9)13/h9H,6-8H2,1-5H3. The fraction of sp³-hybridized carbons (Fsp3) is 0.917. The van der Waals surface area contributed by atoms with Crippen LogP contribution in [0.4, 0.5) is 0 Å². The molecule has 1 saturated carbocycles. The molecule has 0 amide bonds. The number of hydrogen-bond donors (Lipinski definition) is 0. The van der Waals surface area contributed by atoms with Crippen LogP contribution in [0.3, 0.4) is 0 Å². The van der Waals surface area contributed by atoms with Crippen molar-refractivity contribution in [2.75, 3.05) is 0 Å². The molecule has 0 spiro atoms. The molecule has 0 aromatic carbocycles. The van der Waals surface area contributed by atoms with Gasteiger partial charge in [-0.15, -0.1) is 0 Å². The van der Waals surface area contributed by atoms with Gasteiger partial charge in [0.15, 0.2) is 0 Å². The number of carbonyl (C=O) groups excluding carboxylic acids is 1. The number of carbonyl (C=O) groups is 1. The Morgan fingerprint density at radius 1 is 1.31 bits per heavy atom. The fourth-order valence-electron chi connectivity index (χ4n) is 2.30. The molecule has 0 aliphatic heterocycles. The van der Waals surface area contributed by atoms with Gasteiger partial charge in [0.25, 0.3) is 0 Å². The lowest BCUT2D eigenvalue weighted by molar-refractivity contribution is -0.138. The summed E-state index contributed by atoms with van der Waals surface area (Å²) in [5.74, 6) is 0.752. The van der Waals surface area contributed by atoms with E-state index in [0.717, 1.165) is 12.8 Å². The molecule has 0 saturated heterocycles. The van der Waals surface area contributed by atoms with Gasteiger partial charge in [-0.25, -0.2) is 0 Å². The molecule has 0 N–H and O–H groups in total. The highest BCUT2D eigenvalue weighted by Gasteiger charge is 2.42. The lowest BCUT2D eigenvalue weighted by Crippen LogP contribution is -2.41. The molecular weight excluding hydrogens is 160 g/mol. The molecule has 1 aliphatic rings. The molecule has 1 rings (SSSR count). The molecule has 0 bridgehead atoms. The predicted octanol–water partition coefficient (Wildman–Crippen LogP) is 3.43. The zero-order valence-corrected chi connectivity index (χ0v) is 9.61. The van der Waals surface area contributed by atoms with Crippen molar-refractivity contribution in [2.45, 2.75) is 53.9 Å². The first-order chi connectivity index (χ1) is 5.75. The van der Waals surface area contributed by atoms with Crippen LogP contribution < -0.4 is 0 Å². The van der Waals surface area contributed by atoms with Crippen molar-refractivity contribution in [3.8, 4) is 0 Å². The smallest absolute Gasteiger partial charge is 0.142 e. The van der Waals surface area contributed by atoms with E-state index in [2.05, 4.69) is 34.6 Å². The lowest BCUT2D eigenvalue weighted by atomic mass is 9.63. The van der Waals surface area contributed by atoms with E-state index in [-0.39, 0.29) is 16.7 Å². The molecule has 1 unspecified atom stereocenters. The van der Waals surface area contributed by atoms with Gasteiger partial charge in [-0.2, -0.15) is 0 Å². The van der Waals surface area contributed by atoms with Gasteiger partial charge in [0, 0.05) is 11.3 Å². The lowest BCUT2D eigenvalue weighted by Gasteiger charge is -2.40. The largest absolute Gasteiger partial charge is 0.299 e. The molecule has 0 heterocycles. The van der Waals surface area contributed by atoms with Crippen LogP contribution in [0.15, 0.2) is 0 Å². The van der Waals surface area contributed by atoms with Crippen LogP contribution in [0.5, 0.6) is 0 Å². The Labute approximate surface area is 81.9 Å². The second kappa shape index (κ2) is 3.11. The van der Waals surface area contributed by atoms with Crippen molar-refractivity contribution >= 4 is 5.78 Å². The maximum absolute atomic E-state index is 12.1. The van der Waals surface area contributed by atoms with Gasteiger partial charge in [0.2, 0.25) is 0 Å². The van der Waals surface area contributed by atoms with Crippen LogP contribution in [0, 0.1) is 16.7 Å². The highest BCUT2D eigenvalue weighted by atomic mass is 16.1. The summed E-state index contributed by atoms with van der Waals surface area (Å²) in [5.41, 5.74) is 0.0744. The van der Waals surface area contributed by atoms with Crippen LogP contribution in [0.2, 0.25) is 0 Å². The van der Waals surface area contributed by atoms with Crippen LogP contribution in [0.1, 0.15) is 53.9 Å². The van der Waals surface area contributed by atoms with Crippen LogP contribution >= 0.6 is 0 Å². The maximum atomic E-state index is 12.1. The van der Waals surface area contributed by atoms with Crippen molar-refractivity contribution in [3.63, 3.8) is 0 Å². The van der Waals surface area contributed by atoms with Gasteiger partial charge < -0.3 is 0 Å². The molecule has 1 atom stereocenters. The van der Waals surface area contributed by atoms with Crippen LogP contribution in [0.25, 0.3) is 0 Å². The van der Waals surface area contributed by atoms with Crippen molar-refractivity contribution in [1.29, 1.82) is 0 Å². The number of ketones is 1. The van der Waals surface area contributed by atoms with Crippen molar-refractivity contribution in [3.05, 3.63) is 0 Å². The van der Waals surface area contributed by atoms with E-state index >= 15 is 0 Å². The normalized spacial score (nSPS) is 29.0. The maximum Gasteiger partial charge on any atom is 0.142 e. The van der Waals surface area contributed by atoms with Gasteiger partial charge >= 0.3 is 0 Å². The van der Waals surface area contributed by atoms with E-state index in [1.54, 1.807) is 0 Å². The molecular formula is C12H22O. The number of Topliss-reactive ketones (excluding diaryl/α,β-unsaturated/α-hetero) is 1. The Morgan fingerprint density at radius 2 is 1.85 bits per heavy atom. The van der Waals surface area contributed by atoms with E-state index in [1.807, 2.05) is 0 Å². The zero-order valence-electron chi connectivity index (χ0n) is 9.61. The summed E-state index contributed by atoms with van der Waals surface area (Å²) in [6, 6.07) is 0. The van der Waals surface area contributed by atoms with E-state index in [1.165, 1.54) is 6.42 Å². The van der Waals surface area contributed by atoms with E-state index in [0.29, 0.717) is 5.78 Å². The summed E-state index contributed by atoms with van der Waals surface area (Å²) in [5, 5.41) is 0. The number of hydrogen-bond acceptors (Lipinski definition) is 1. The van der Waals surface area contributed by atoms with Crippen LogP contribution in [-0.2, 0) is 4.79 Å². The Hall–Kier alpha value is -0.330. The van der Waals surface area contributed by atoms with Crippen LogP contribution in [-0.4, -0.2) is 5.78 Å². The molecule has 1 nitrogen and oxygen atoms in total. The monoisotopic (exact) mass is 182 g/mol. The summed E-state index contributed by atoms with van der Waals surface area (Å²) in [6.45, 7) is 10.7. The van der Waals surface area contributed by atoms with Gasteiger partial charge in [-0.05, 0) is 18.3 Å². The fourth-order valence-corrected chi connectivity index (χ4v) is 2.30. The molecule has 76 valence electrons. The first-order valence-corrected chi connectivity index (χ1v) is 5.29. The Balaban J connectivity index is 2.84. The molecule has 1 heteroatoms. The van der Waals surface area contributed by atoms with Gasteiger partial charge in [0.05, 0.1) is 0 Å². The summed E-state index contributed by atoms with van der Waals surface area (Å²) >= 11 is 0. The quantitative estimate of drug-likeness (QED) is 0.561. The molecule has 1 fully saturated rings. The molecule has 0 radical (unpaired) electrons. The molecule has 0 aromatic rings. The predicted molar refractivity (Wildman–Crippen MR) is 55.6 cm³/mol. The van der Waals surface area contributed by atoms with E-state index in [9.17, 15) is 4.79 Å². The third-order valence-electron chi connectivity index (χ3n) is 3.32. The average Bonchev–Trinajstić information content (AvgIpc) is 1.92. The highest BCUT2D eigenvalue weighted by molar-refractivity contribution is 5.87. The van der Waals surface area contributed by atoms with E-state index in [4.69, 9.17) is 0 Å². The first-order valence-electron chi connectivity index (χ1n) is 5.29. The molecule has 1 aliphatic carbocycles. The van der Waals surface area contributed by atoms with E-state index < -0.39 is 0 Å². The third kappa shape index (κ3) is 2.12. The minimum atomic E-state index is -0.0732. The Bertz CT molecular complexity index is 208. The second-order valence-corrected chi connectivity index (χ2v) is 6.06. The SMILES string of the molecule is CC1(C)CCCC(C(C)(C)C)C1=O. The Kier molecular flexibility index (Phi) is 2.57. The summed E-state index contributed by atoms with van der Waals surface area (Å²) in [4.78, 5) is 12.1. The second-order valence-electron chi connectivity index (χ2n) is 6.06. The molecule has 13 heavy (non-hydrogen) atoms. The van der Waals surface area contributed by atoms with Gasteiger partial charge in [0.1, 0.15) is 5.78 Å². The Morgan fingerprint density at radius 3 is 2.23 bits per heavy atom.